The van der Waals surface area contributed by atoms with E-state index in [0.29, 0.717) is 5.69 Å². The first kappa shape index (κ1) is 10.6. The van der Waals surface area contributed by atoms with Gasteiger partial charge in [-0.15, -0.1) is 13.2 Å². The highest BCUT2D eigenvalue weighted by Gasteiger charge is 2.31. The fourth-order valence-electron chi connectivity index (χ4n) is 0.875. The predicted molar refractivity (Wildman–Crippen MR) is 43.8 cm³/mol. The molecule has 0 saturated heterocycles. The van der Waals surface area contributed by atoms with E-state index >= 15 is 0 Å². The summed E-state index contributed by atoms with van der Waals surface area (Å²) >= 11 is 0. The molecule has 0 heterocycles. The third kappa shape index (κ3) is 3.53. The van der Waals surface area contributed by atoms with Gasteiger partial charge >= 0.3 is 6.36 Å². The normalized spacial score (nSPS) is 11.1. The van der Waals surface area contributed by atoms with E-state index in [-0.39, 0.29) is 5.75 Å². The maximum Gasteiger partial charge on any atom is 0.573 e. The molecule has 0 spiro atoms. The first-order chi connectivity index (χ1) is 6.51. The minimum absolute atomic E-state index is 0.292. The van der Waals surface area contributed by atoms with Crippen LogP contribution in [-0.2, 0) is 4.84 Å². The Morgan fingerprint density at radius 2 is 2.00 bits per heavy atom. The molecule has 1 aromatic carbocycles. The minimum atomic E-state index is -4.67. The summed E-state index contributed by atoms with van der Waals surface area (Å²) in [7, 11) is 1.36. The van der Waals surface area contributed by atoms with E-state index in [1.54, 1.807) is 6.07 Å². The number of rotatable bonds is 3. The Hall–Kier alpha value is -1.43. The Kier molecular flexibility index (Phi) is 3.19. The highest BCUT2D eigenvalue weighted by atomic mass is 19.4. The van der Waals surface area contributed by atoms with Crippen molar-refractivity contribution >= 4 is 5.69 Å². The number of anilines is 1. The highest BCUT2D eigenvalue weighted by Crippen LogP contribution is 2.24. The summed E-state index contributed by atoms with van der Waals surface area (Å²) in [4.78, 5) is 4.53. The zero-order valence-corrected chi connectivity index (χ0v) is 7.26. The standard InChI is InChI=1S/C8H8F3NO2/c1-13-12-6-3-2-4-7(5-6)14-8(9,10)11/h2-5,12H,1H3. The maximum absolute atomic E-state index is 11.8. The second kappa shape index (κ2) is 4.19. The second-order valence-electron chi connectivity index (χ2n) is 2.38. The van der Waals surface area contributed by atoms with Crippen molar-refractivity contribution in [3.63, 3.8) is 0 Å². The van der Waals surface area contributed by atoms with Crippen LogP contribution < -0.4 is 10.2 Å². The molecule has 6 heteroatoms. The van der Waals surface area contributed by atoms with Gasteiger partial charge in [-0.3, -0.25) is 10.3 Å². The first-order valence-electron chi connectivity index (χ1n) is 3.66. The molecular formula is C8H8F3NO2. The number of hydrogen-bond acceptors (Lipinski definition) is 3. The lowest BCUT2D eigenvalue weighted by Crippen LogP contribution is -2.17. The van der Waals surface area contributed by atoms with Gasteiger partial charge in [-0.2, -0.15) is 0 Å². The molecule has 0 fully saturated rings. The summed E-state index contributed by atoms with van der Waals surface area (Å²) in [6.45, 7) is 0. The minimum Gasteiger partial charge on any atom is -0.406 e. The van der Waals surface area contributed by atoms with Crippen LogP contribution in [0.4, 0.5) is 18.9 Å². The number of halogens is 3. The number of alkyl halides is 3. The number of hydrogen-bond donors (Lipinski definition) is 1. The van der Waals surface area contributed by atoms with Crippen LogP contribution in [0.15, 0.2) is 24.3 Å². The van der Waals surface area contributed by atoms with Crippen LogP contribution in [0.3, 0.4) is 0 Å². The molecule has 0 aromatic heterocycles. The van der Waals surface area contributed by atoms with Gasteiger partial charge in [-0.1, -0.05) is 6.07 Å². The molecule has 0 saturated carbocycles. The van der Waals surface area contributed by atoms with Gasteiger partial charge in [-0.05, 0) is 12.1 Å². The van der Waals surface area contributed by atoms with Gasteiger partial charge < -0.3 is 4.74 Å². The summed E-state index contributed by atoms with van der Waals surface area (Å²) in [6.07, 6.45) is -4.67. The van der Waals surface area contributed by atoms with E-state index in [1.165, 1.54) is 25.3 Å². The van der Waals surface area contributed by atoms with Crippen molar-refractivity contribution in [1.82, 2.24) is 0 Å². The van der Waals surface area contributed by atoms with Crippen LogP contribution in [0, 0.1) is 0 Å². The van der Waals surface area contributed by atoms with Gasteiger partial charge in [0, 0.05) is 6.07 Å². The monoisotopic (exact) mass is 207 g/mol. The summed E-state index contributed by atoms with van der Waals surface area (Å²) in [5, 5.41) is 0. The lowest BCUT2D eigenvalue weighted by Gasteiger charge is -2.10. The largest absolute Gasteiger partial charge is 0.573 e. The van der Waals surface area contributed by atoms with Crippen LogP contribution in [0.2, 0.25) is 0 Å². The van der Waals surface area contributed by atoms with Crippen LogP contribution in [0.1, 0.15) is 0 Å². The zero-order chi connectivity index (χ0) is 10.6. The molecular weight excluding hydrogens is 199 g/mol. The molecule has 1 rings (SSSR count). The fourth-order valence-corrected chi connectivity index (χ4v) is 0.875. The maximum atomic E-state index is 11.8. The van der Waals surface area contributed by atoms with Gasteiger partial charge in [0.05, 0.1) is 12.8 Å². The lowest BCUT2D eigenvalue weighted by molar-refractivity contribution is -0.274. The van der Waals surface area contributed by atoms with E-state index in [0.717, 1.165) is 0 Å². The van der Waals surface area contributed by atoms with Crippen LogP contribution >= 0.6 is 0 Å². The fraction of sp³-hybridized carbons (Fsp3) is 0.250. The summed E-state index contributed by atoms with van der Waals surface area (Å²) in [5.74, 6) is -0.292. The molecule has 0 unspecified atom stereocenters. The number of benzene rings is 1. The van der Waals surface area contributed by atoms with Crippen LogP contribution in [0.25, 0.3) is 0 Å². The van der Waals surface area contributed by atoms with Gasteiger partial charge in [0.2, 0.25) is 0 Å². The van der Waals surface area contributed by atoms with Crippen molar-refractivity contribution in [2.24, 2.45) is 0 Å². The first-order valence-corrected chi connectivity index (χ1v) is 3.66. The van der Waals surface area contributed by atoms with Crippen molar-refractivity contribution in [3.8, 4) is 5.75 Å². The lowest BCUT2D eigenvalue weighted by atomic mass is 10.3. The SMILES string of the molecule is CONc1cccc(OC(F)(F)F)c1. The van der Waals surface area contributed by atoms with Gasteiger partial charge in [-0.25, -0.2) is 0 Å². The molecule has 0 radical (unpaired) electrons. The summed E-state index contributed by atoms with van der Waals surface area (Å²) in [6, 6.07) is 5.35. The number of nitrogens with one attached hydrogen (secondary N) is 1. The van der Waals surface area contributed by atoms with E-state index in [9.17, 15) is 13.2 Å². The number of ether oxygens (including phenoxy) is 1. The molecule has 0 atom stereocenters. The average molecular weight is 207 g/mol. The molecule has 14 heavy (non-hydrogen) atoms. The van der Waals surface area contributed by atoms with E-state index in [1.807, 2.05) is 0 Å². The van der Waals surface area contributed by atoms with Crippen LogP contribution in [0.5, 0.6) is 5.75 Å². The average Bonchev–Trinajstić information content (AvgIpc) is 2.02. The molecule has 0 aliphatic rings. The molecule has 0 amide bonds. The molecule has 1 aromatic rings. The van der Waals surface area contributed by atoms with Gasteiger partial charge in [0.25, 0.3) is 0 Å². The van der Waals surface area contributed by atoms with E-state index in [2.05, 4.69) is 15.1 Å². The zero-order valence-electron chi connectivity index (χ0n) is 7.26. The van der Waals surface area contributed by atoms with Crippen molar-refractivity contribution in [2.75, 3.05) is 12.6 Å². The topological polar surface area (TPSA) is 30.5 Å². The molecule has 0 aliphatic carbocycles. The Balaban J connectivity index is 2.73. The predicted octanol–water partition coefficient (Wildman–Crippen LogP) is 2.56. The smallest absolute Gasteiger partial charge is 0.406 e. The summed E-state index contributed by atoms with van der Waals surface area (Å²) < 4.78 is 39.0. The molecule has 78 valence electrons. The third-order valence-electron chi connectivity index (χ3n) is 1.29. The Labute approximate surface area is 78.4 Å². The third-order valence-corrected chi connectivity index (χ3v) is 1.29. The van der Waals surface area contributed by atoms with Crippen molar-refractivity contribution < 1.29 is 22.7 Å². The van der Waals surface area contributed by atoms with E-state index in [4.69, 9.17) is 0 Å². The van der Waals surface area contributed by atoms with E-state index < -0.39 is 6.36 Å². The van der Waals surface area contributed by atoms with Crippen molar-refractivity contribution in [3.05, 3.63) is 24.3 Å². The van der Waals surface area contributed by atoms with Crippen molar-refractivity contribution in [2.45, 2.75) is 6.36 Å². The highest BCUT2D eigenvalue weighted by molar-refractivity contribution is 5.46. The Morgan fingerprint density at radius 3 is 2.57 bits per heavy atom. The summed E-state index contributed by atoms with van der Waals surface area (Å²) in [5.41, 5.74) is 2.77. The molecule has 0 aliphatic heterocycles. The second-order valence-corrected chi connectivity index (χ2v) is 2.38. The molecule has 1 N–H and O–H groups in total. The van der Waals surface area contributed by atoms with Crippen LogP contribution in [-0.4, -0.2) is 13.5 Å². The molecule has 0 bridgehead atoms. The Bertz CT molecular complexity index is 301. The molecule has 3 nitrogen and oxygen atoms in total. The Morgan fingerprint density at radius 1 is 1.29 bits per heavy atom. The van der Waals surface area contributed by atoms with Gasteiger partial charge in [0.15, 0.2) is 0 Å². The van der Waals surface area contributed by atoms with Crippen molar-refractivity contribution in [1.29, 1.82) is 0 Å². The quantitative estimate of drug-likeness (QED) is 0.772. The van der Waals surface area contributed by atoms with Gasteiger partial charge in [0.1, 0.15) is 5.75 Å².